The van der Waals surface area contributed by atoms with Crippen LogP contribution < -0.4 is 5.73 Å². The topological polar surface area (TPSA) is 26.0 Å². The smallest absolute Gasteiger partial charge is 0.123 e. The fourth-order valence-electron chi connectivity index (χ4n) is 1.92. The van der Waals surface area contributed by atoms with E-state index in [0.717, 1.165) is 11.1 Å². The van der Waals surface area contributed by atoms with Gasteiger partial charge in [-0.3, -0.25) is 0 Å². The first-order valence-electron chi connectivity index (χ1n) is 5.88. The average molecular weight is 284 g/mol. The van der Waals surface area contributed by atoms with Gasteiger partial charge in [-0.1, -0.05) is 24.3 Å². The van der Waals surface area contributed by atoms with E-state index < -0.39 is 0 Å². The van der Waals surface area contributed by atoms with Crippen LogP contribution in [0.2, 0.25) is 0 Å². The minimum absolute atomic E-state index is 0. The molecule has 19 heavy (non-hydrogen) atoms. The summed E-state index contributed by atoms with van der Waals surface area (Å²) in [6.45, 7) is 0. The van der Waals surface area contributed by atoms with Crippen LogP contribution in [0.5, 0.6) is 0 Å². The monoisotopic (exact) mass is 283 g/mol. The normalized spacial score (nSPS) is 10.3. The molecule has 2 rings (SSSR count). The second kappa shape index (κ2) is 7.22. The molecule has 0 amide bonds. The molecule has 2 aromatic rings. The van der Waals surface area contributed by atoms with Gasteiger partial charge in [-0.05, 0) is 48.2 Å². The summed E-state index contributed by atoms with van der Waals surface area (Å²) in [4.78, 5) is 0. The third kappa shape index (κ3) is 4.97. The maximum atomic E-state index is 12.7. The zero-order valence-electron chi connectivity index (χ0n) is 10.4. The van der Waals surface area contributed by atoms with Crippen LogP contribution in [0.3, 0.4) is 0 Å². The Bertz CT molecular complexity index is 449. The van der Waals surface area contributed by atoms with E-state index in [1.54, 1.807) is 24.3 Å². The lowest BCUT2D eigenvalue weighted by Crippen LogP contribution is -2.25. The predicted molar refractivity (Wildman–Crippen MR) is 75.4 cm³/mol. The number of hydrogen-bond donors (Lipinski definition) is 1. The van der Waals surface area contributed by atoms with E-state index in [1.165, 1.54) is 24.3 Å². The van der Waals surface area contributed by atoms with Crippen LogP contribution >= 0.6 is 12.4 Å². The Morgan fingerprint density at radius 1 is 0.737 bits per heavy atom. The number of hydrogen-bond acceptors (Lipinski definition) is 1. The second-order valence-corrected chi connectivity index (χ2v) is 4.42. The van der Waals surface area contributed by atoms with Gasteiger partial charge in [-0.15, -0.1) is 12.4 Å². The molecule has 102 valence electrons. The van der Waals surface area contributed by atoms with E-state index in [2.05, 4.69) is 0 Å². The van der Waals surface area contributed by atoms with Crippen LogP contribution in [0.25, 0.3) is 0 Å². The number of rotatable bonds is 4. The van der Waals surface area contributed by atoms with Crippen LogP contribution in [-0.2, 0) is 12.8 Å². The van der Waals surface area contributed by atoms with Crippen molar-refractivity contribution in [2.45, 2.75) is 18.9 Å². The molecule has 4 heteroatoms. The highest BCUT2D eigenvalue weighted by molar-refractivity contribution is 5.85. The van der Waals surface area contributed by atoms with Crippen molar-refractivity contribution in [2.75, 3.05) is 0 Å². The van der Waals surface area contributed by atoms with Gasteiger partial charge in [-0.25, -0.2) is 8.78 Å². The minimum Gasteiger partial charge on any atom is -0.327 e. The molecule has 0 aliphatic rings. The summed E-state index contributed by atoms with van der Waals surface area (Å²) in [7, 11) is 0. The Morgan fingerprint density at radius 2 is 1.05 bits per heavy atom. The van der Waals surface area contributed by atoms with Crippen molar-refractivity contribution in [1.82, 2.24) is 0 Å². The fourth-order valence-corrected chi connectivity index (χ4v) is 1.92. The summed E-state index contributed by atoms with van der Waals surface area (Å²) < 4.78 is 25.5. The third-order valence-electron chi connectivity index (χ3n) is 2.82. The minimum atomic E-state index is -0.245. The zero-order chi connectivity index (χ0) is 13.0. The van der Waals surface area contributed by atoms with Crippen molar-refractivity contribution in [3.05, 3.63) is 71.3 Å². The molecule has 0 radical (unpaired) electrons. The molecule has 0 atom stereocenters. The number of benzene rings is 2. The second-order valence-electron chi connectivity index (χ2n) is 4.42. The summed E-state index contributed by atoms with van der Waals surface area (Å²) >= 11 is 0. The van der Waals surface area contributed by atoms with E-state index in [-0.39, 0.29) is 30.1 Å². The number of nitrogens with two attached hydrogens (primary N) is 1. The van der Waals surface area contributed by atoms with E-state index in [0.29, 0.717) is 12.8 Å². The highest BCUT2D eigenvalue weighted by Crippen LogP contribution is 2.09. The van der Waals surface area contributed by atoms with Gasteiger partial charge in [0.05, 0.1) is 0 Å². The van der Waals surface area contributed by atoms with E-state index >= 15 is 0 Å². The molecule has 0 saturated carbocycles. The largest absolute Gasteiger partial charge is 0.327 e. The Kier molecular flexibility index (Phi) is 5.93. The van der Waals surface area contributed by atoms with Gasteiger partial charge < -0.3 is 5.73 Å². The van der Waals surface area contributed by atoms with Gasteiger partial charge in [-0.2, -0.15) is 0 Å². The van der Waals surface area contributed by atoms with Gasteiger partial charge in [0, 0.05) is 6.04 Å². The summed E-state index contributed by atoms with van der Waals surface area (Å²) in [5.74, 6) is -0.489. The van der Waals surface area contributed by atoms with Gasteiger partial charge >= 0.3 is 0 Å². The van der Waals surface area contributed by atoms with Gasteiger partial charge in [0.25, 0.3) is 0 Å². The molecule has 0 unspecified atom stereocenters. The van der Waals surface area contributed by atoms with Crippen molar-refractivity contribution in [3.8, 4) is 0 Å². The summed E-state index contributed by atoms with van der Waals surface area (Å²) in [5, 5.41) is 0. The van der Waals surface area contributed by atoms with Crippen molar-refractivity contribution in [3.63, 3.8) is 0 Å². The van der Waals surface area contributed by atoms with Crippen LogP contribution in [0, 0.1) is 11.6 Å². The van der Waals surface area contributed by atoms with Crippen molar-refractivity contribution in [2.24, 2.45) is 5.73 Å². The first kappa shape index (κ1) is 15.6. The molecule has 2 N–H and O–H groups in total. The summed E-state index contributed by atoms with van der Waals surface area (Å²) in [6.07, 6.45) is 1.36. The highest BCUT2D eigenvalue weighted by atomic mass is 35.5. The predicted octanol–water partition coefficient (Wildman–Crippen LogP) is 3.50. The van der Waals surface area contributed by atoms with Gasteiger partial charge in [0.15, 0.2) is 0 Å². The van der Waals surface area contributed by atoms with Crippen LogP contribution in [0.4, 0.5) is 8.78 Å². The van der Waals surface area contributed by atoms with E-state index in [4.69, 9.17) is 5.73 Å². The van der Waals surface area contributed by atoms with Gasteiger partial charge in [0.1, 0.15) is 11.6 Å². The van der Waals surface area contributed by atoms with E-state index in [1.807, 2.05) is 0 Å². The molecule has 0 aliphatic heterocycles. The zero-order valence-corrected chi connectivity index (χ0v) is 11.2. The molecule has 0 saturated heterocycles. The third-order valence-corrected chi connectivity index (χ3v) is 2.82. The average Bonchev–Trinajstić information content (AvgIpc) is 2.35. The van der Waals surface area contributed by atoms with Crippen LogP contribution in [0.1, 0.15) is 11.1 Å². The summed E-state index contributed by atoms with van der Waals surface area (Å²) in [5.41, 5.74) is 8.04. The lowest BCUT2D eigenvalue weighted by Gasteiger charge is -2.11. The molecule has 2 aromatic carbocycles. The molecular formula is C15H16ClF2N. The molecule has 1 nitrogen and oxygen atoms in total. The molecule has 0 aromatic heterocycles. The molecule has 0 heterocycles. The first-order valence-corrected chi connectivity index (χ1v) is 5.88. The molecule has 0 fully saturated rings. The van der Waals surface area contributed by atoms with Crippen molar-refractivity contribution in [1.29, 1.82) is 0 Å². The SMILES string of the molecule is Cl.NC(Cc1ccc(F)cc1)Cc1ccc(F)cc1. The Morgan fingerprint density at radius 3 is 1.37 bits per heavy atom. The molecule has 0 bridgehead atoms. The maximum Gasteiger partial charge on any atom is 0.123 e. The van der Waals surface area contributed by atoms with E-state index in [9.17, 15) is 8.78 Å². The standard InChI is InChI=1S/C15H15F2N.ClH/c16-13-5-1-11(2-6-13)9-15(18)10-12-3-7-14(17)8-4-12;/h1-8,15H,9-10,18H2;1H. The quantitative estimate of drug-likeness (QED) is 0.913. The molecular weight excluding hydrogens is 268 g/mol. The molecule has 0 aliphatic carbocycles. The Hall–Kier alpha value is -1.45. The van der Waals surface area contributed by atoms with Crippen LogP contribution in [-0.4, -0.2) is 6.04 Å². The number of halogens is 3. The fraction of sp³-hybridized carbons (Fsp3) is 0.200. The molecule has 0 spiro atoms. The lowest BCUT2D eigenvalue weighted by molar-refractivity contribution is 0.620. The Balaban J connectivity index is 0.00000180. The lowest BCUT2D eigenvalue weighted by atomic mass is 10.00. The Labute approximate surface area is 117 Å². The van der Waals surface area contributed by atoms with Crippen molar-refractivity contribution < 1.29 is 8.78 Å². The van der Waals surface area contributed by atoms with Crippen molar-refractivity contribution >= 4 is 12.4 Å². The van der Waals surface area contributed by atoms with Crippen LogP contribution in [0.15, 0.2) is 48.5 Å². The maximum absolute atomic E-state index is 12.7. The summed E-state index contributed by atoms with van der Waals surface area (Å²) in [6, 6.07) is 12.6. The highest BCUT2D eigenvalue weighted by Gasteiger charge is 2.06. The van der Waals surface area contributed by atoms with Gasteiger partial charge in [0.2, 0.25) is 0 Å². The first-order chi connectivity index (χ1) is 8.63.